The fourth-order valence-electron chi connectivity index (χ4n) is 1.95. The number of hydrogen-bond acceptors (Lipinski definition) is 4. The van der Waals surface area contributed by atoms with Crippen molar-refractivity contribution in [3.8, 4) is 17.4 Å². The van der Waals surface area contributed by atoms with E-state index in [1.165, 1.54) is 0 Å². The molecule has 0 aliphatic carbocycles. The minimum atomic E-state index is 0.283. The van der Waals surface area contributed by atoms with E-state index in [-0.39, 0.29) is 5.88 Å². The summed E-state index contributed by atoms with van der Waals surface area (Å²) in [6.45, 7) is 1.86. The quantitative estimate of drug-likeness (QED) is 0.663. The smallest absolute Gasteiger partial charge is 0.237 e. The summed E-state index contributed by atoms with van der Waals surface area (Å²) in [5.41, 5.74) is 1.30. The average molecular weight is 276 g/mol. The highest BCUT2D eigenvalue weighted by Crippen LogP contribution is 2.30. The first-order valence-corrected chi connectivity index (χ1v) is 6.46. The molecule has 102 valence electrons. The normalized spacial score (nSPS) is 10.9. The van der Waals surface area contributed by atoms with Crippen LogP contribution in [0.3, 0.4) is 0 Å². The van der Waals surface area contributed by atoms with Gasteiger partial charge >= 0.3 is 0 Å². The SMILES string of the molecule is Cc1ccc(/C=N/c2oc(-c3ccccc3)cc2C#N)o1. The van der Waals surface area contributed by atoms with Gasteiger partial charge in [0.1, 0.15) is 28.9 Å². The van der Waals surface area contributed by atoms with Crippen LogP contribution >= 0.6 is 0 Å². The zero-order chi connectivity index (χ0) is 14.7. The maximum Gasteiger partial charge on any atom is 0.237 e. The molecule has 0 aliphatic heterocycles. The molecule has 0 bridgehead atoms. The molecule has 0 aliphatic rings. The van der Waals surface area contributed by atoms with Gasteiger partial charge in [-0.15, -0.1) is 0 Å². The summed E-state index contributed by atoms with van der Waals surface area (Å²) in [7, 11) is 0. The van der Waals surface area contributed by atoms with Crippen molar-refractivity contribution >= 4 is 12.1 Å². The van der Waals surface area contributed by atoms with Crippen LogP contribution in [0.1, 0.15) is 17.1 Å². The Bertz CT molecular complexity index is 820. The van der Waals surface area contributed by atoms with E-state index in [1.807, 2.05) is 49.4 Å². The van der Waals surface area contributed by atoms with Gasteiger partial charge in [0.05, 0.1) is 6.21 Å². The van der Waals surface area contributed by atoms with Gasteiger partial charge in [-0.3, -0.25) is 0 Å². The monoisotopic (exact) mass is 276 g/mol. The molecular formula is C17H12N2O2. The molecule has 3 aromatic rings. The molecule has 0 unspecified atom stereocenters. The first kappa shape index (κ1) is 12.9. The number of hydrogen-bond donors (Lipinski definition) is 0. The van der Waals surface area contributed by atoms with Crippen LogP contribution in [-0.2, 0) is 0 Å². The van der Waals surface area contributed by atoms with Crippen molar-refractivity contribution in [2.45, 2.75) is 6.92 Å². The summed E-state index contributed by atoms with van der Waals surface area (Å²) in [6, 6.07) is 17.0. The largest absolute Gasteiger partial charge is 0.460 e. The summed E-state index contributed by atoms with van der Waals surface area (Å²) in [6.07, 6.45) is 1.54. The summed E-state index contributed by atoms with van der Waals surface area (Å²) < 4.78 is 11.1. The topological polar surface area (TPSA) is 62.4 Å². The second kappa shape index (κ2) is 5.51. The summed E-state index contributed by atoms with van der Waals surface area (Å²) in [4.78, 5) is 4.20. The molecule has 0 saturated carbocycles. The Morgan fingerprint density at radius 3 is 2.57 bits per heavy atom. The highest BCUT2D eigenvalue weighted by atomic mass is 16.4. The molecule has 0 saturated heterocycles. The second-order valence-electron chi connectivity index (χ2n) is 4.51. The van der Waals surface area contributed by atoms with Gasteiger partial charge in [0.15, 0.2) is 0 Å². The third-order valence-electron chi connectivity index (χ3n) is 2.96. The zero-order valence-electron chi connectivity index (χ0n) is 11.4. The van der Waals surface area contributed by atoms with Gasteiger partial charge in [-0.25, -0.2) is 4.99 Å². The molecule has 2 aromatic heterocycles. The molecular weight excluding hydrogens is 264 g/mol. The van der Waals surface area contributed by atoms with Gasteiger partial charge in [0.25, 0.3) is 0 Å². The average Bonchev–Trinajstić information content (AvgIpc) is 3.12. The van der Waals surface area contributed by atoms with Crippen molar-refractivity contribution < 1.29 is 8.83 Å². The minimum Gasteiger partial charge on any atom is -0.460 e. The van der Waals surface area contributed by atoms with E-state index in [9.17, 15) is 5.26 Å². The Balaban J connectivity index is 1.94. The zero-order valence-corrected chi connectivity index (χ0v) is 11.4. The Kier molecular flexibility index (Phi) is 3.40. The van der Waals surface area contributed by atoms with Crippen LogP contribution in [-0.4, -0.2) is 6.21 Å². The van der Waals surface area contributed by atoms with Crippen LogP contribution in [0.4, 0.5) is 5.88 Å². The fourth-order valence-corrected chi connectivity index (χ4v) is 1.95. The predicted octanol–water partition coefficient (Wildman–Crippen LogP) is 4.47. The molecule has 2 heterocycles. The van der Waals surface area contributed by atoms with Gasteiger partial charge in [-0.05, 0) is 19.1 Å². The lowest BCUT2D eigenvalue weighted by atomic mass is 10.1. The maximum atomic E-state index is 9.17. The van der Waals surface area contributed by atoms with Crippen molar-refractivity contribution in [2.75, 3.05) is 0 Å². The lowest BCUT2D eigenvalue weighted by Gasteiger charge is -1.93. The van der Waals surface area contributed by atoms with E-state index >= 15 is 0 Å². The Morgan fingerprint density at radius 2 is 1.90 bits per heavy atom. The third kappa shape index (κ3) is 2.77. The fraction of sp³-hybridized carbons (Fsp3) is 0.0588. The Labute approximate surface area is 122 Å². The van der Waals surface area contributed by atoms with Gasteiger partial charge in [-0.2, -0.15) is 5.26 Å². The molecule has 0 spiro atoms. The predicted molar refractivity (Wildman–Crippen MR) is 79.6 cm³/mol. The van der Waals surface area contributed by atoms with Crippen LogP contribution in [0, 0.1) is 18.3 Å². The molecule has 0 atom stereocenters. The Morgan fingerprint density at radius 1 is 1.10 bits per heavy atom. The molecule has 4 nitrogen and oxygen atoms in total. The van der Waals surface area contributed by atoms with E-state index in [2.05, 4.69) is 11.1 Å². The van der Waals surface area contributed by atoms with Crippen LogP contribution < -0.4 is 0 Å². The second-order valence-corrected chi connectivity index (χ2v) is 4.51. The van der Waals surface area contributed by atoms with E-state index in [1.54, 1.807) is 12.3 Å². The van der Waals surface area contributed by atoms with Crippen LogP contribution in [0.25, 0.3) is 11.3 Å². The third-order valence-corrected chi connectivity index (χ3v) is 2.96. The molecule has 0 radical (unpaired) electrons. The molecule has 3 rings (SSSR count). The molecule has 0 amide bonds. The number of furan rings is 2. The van der Waals surface area contributed by atoms with Crippen LogP contribution in [0.2, 0.25) is 0 Å². The van der Waals surface area contributed by atoms with E-state index < -0.39 is 0 Å². The maximum absolute atomic E-state index is 9.17. The highest BCUT2D eigenvalue weighted by molar-refractivity contribution is 5.79. The summed E-state index contributed by atoms with van der Waals surface area (Å²) in [5, 5.41) is 9.17. The number of nitrogens with zero attached hydrogens (tertiary/aromatic N) is 2. The Hall–Kier alpha value is -3.06. The van der Waals surface area contributed by atoms with E-state index in [0.29, 0.717) is 17.1 Å². The van der Waals surface area contributed by atoms with Gasteiger partial charge in [0.2, 0.25) is 5.88 Å². The van der Waals surface area contributed by atoms with Gasteiger partial charge in [-0.1, -0.05) is 30.3 Å². The first-order valence-electron chi connectivity index (χ1n) is 6.46. The molecule has 4 heteroatoms. The number of aryl methyl sites for hydroxylation is 1. The number of aliphatic imine (C=N–C) groups is 1. The molecule has 0 fully saturated rings. The van der Waals surface area contributed by atoms with Crippen molar-refractivity contribution in [1.29, 1.82) is 5.26 Å². The van der Waals surface area contributed by atoms with Crippen LogP contribution in [0.5, 0.6) is 0 Å². The molecule has 1 aromatic carbocycles. The highest BCUT2D eigenvalue weighted by Gasteiger charge is 2.11. The van der Waals surface area contributed by atoms with Crippen LogP contribution in [0.15, 0.2) is 62.4 Å². The minimum absolute atomic E-state index is 0.283. The lowest BCUT2D eigenvalue weighted by molar-refractivity contribution is 0.527. The van der Waals surface area contributed by atoms with Gasteiger partial charge in [0, 0.05) is 11.6 Å². The first-order chi connectivity index (χ1) is 10.3. The standard InChI is InChI=1S/C17H12N2O2/c1-12-7-8-15(20-12)11-19-17-14(10-18)9-16(21-17)13-5-3-2-4-6-13/h2-9,11H,1H3/b19-11+. The van der Waals surface area contributed by atoms with Crippen molar-refractivity contribution in [3.63, 3.8) is 0 Å². The van der Waals surface area contributed by atoms with E-state index in [4.69, 9.17) is 8.83 Å². The number of rotatable bonds is 3. The van der Waals surface area contributed by atoms with Crippen molar-refractivity contribution in [3.05, 3.63) is 65.6 Å². The number of benzene rings is 1. The summed E-state index contributed by atoms with van der Waals surface area (Å²) >= 11 is 0. The molecule has 21 heavy (non-hydrogen) atoms. The number of nitriles is 1. The van der Waals surface area contributed by atoms with Crippen molar-refractivity contribution in [1.82, 2.24) is 0 Å². The lowest BCUT2D eigenvalue weighted by Crippen LogP contribution is -1.74. The van der Waals surface area contributed by atoms with E-state index in [0.717, 1.165) is 11.3 Å². The van der Waals surface area contributed by atoms with Gasteiger partial charge < -0.3 is 8.83 Å². The van der Waals surface area contributed by atoms with Crippen molar-refractivity contribution in [2.24, 2.45) is 4.99 Å². The summed E-state index contributed by atoms with van der Waals surface area (Å²) in [5.74, 6) is 2.33. The molecule has 0 N–H and O–H groups in total.